The van der Waals surface area contributed by atoms with E-state index in [0.29, 0.717) is 18.6 Å². The van der Waals surface area contributed by atoms with E-state index < -0.39 is 11.0 Å². The fraction of sp³-hybridized carbons (Fsp3) is 0.500. The summed E-state index contributed by atoms with van der Waals surface area (Å²) in [5.74, 6) is 0.291. The Hall–Kier alpha value is -1.07. The van der Waals surface area contributed by atoms with Crippen LogP contribution in [0, 0.1) is 0 Å². The second kappa shape index (κ2) is 4.80. The largest absolute Gasteiger partial charge is 0.496 e. The summed E-state index contributed by atoms with van der Waals surface area (Å²) < 4.78 is 11.1. The summed E-state index contributed by atoms with van der Waals surface area (Å²) in [4.78, 5) is 12.2. The van der Waals surface area contributed by atoms with E-state index in [4.69, 9.17) is 9.47 Å². The van der Waals surface area contributed by atoms with E-state index in [2.05, 4.69) is 15.9 Å². The van der Waals surface area contributed by atoms with Crippen molar-refractivity contribution in [2.24, 2.45) is 0 Å². The second-order valence-electron chi connectivity index (χ2n) is 5.27. The minimum Gasteiger partial charge on any atom is -0.496 e. The number of benzene rings is 1. The summed E-state index contributed by atoms with van der Waals surface area (Å²) in [5.41, 5.74) is -0.919. The lowest BCUT2D eigenvalue weighted by molar-refractivity contribution is -0.166. The van der Waals surface area contributed by atoms with E-state index in [-0.39, 0.29) is 5.97 Å². The lowest BCUT2D eigenvalue weighted by Gasteiger charge is -2.50. The van der Waals surface area contributed by atoms with Crippen LogP contribution in [0.1, 0.15) is 25.3 Å². The zero-order chi connectivity index (χ0) is 14.3. The minimum atomic E-state index is -0.846. The van der Waals surface area contributed by atoms with Gasteiger partial charge < -0.3 is 14.6 Å². The number of esters is 1. The van der Waals surface area contributed by atoms with Gasteiger partial charge in [-0.2, -0.15) is 0 Å². The van der Waals surface area contributed by atoms with E-state index in [9.17, 15) is 9.90 Å². The number of rotatable bonds is 3. The molecular weight excluding hydrogens is 312 g/mol. The van der Waals surface area contributed by atoms with Gasteiger partial charge in [0.1, 0.15) is 11.2 Å². The first-order chi connectivity index (χ1) is 8.84. The summed E-state index contributed by atoms with van der Waals surface area (Å²) in [6, 6.07) is 5.51. The molecule has 4 nitrogen and oxygen atoms in total. The van der Waals surface area contributed by atoms with Crippen molar-refractivity contribution in [3.05, 3.63) is 28.2 Å². The first-order valence-corrected chi connectivity index (χ1v) is 6.79. The molecule has 104 valence electrons. The van der Waals surface area contributed by atoms with E-state index in [1.807, 2.05) is 12.1 Å². The Kier molecular flexibility index (Phi) is 3.62. The van der Waals surface area contributed by atoms with Crippen LogP contribution in [0.25, 0.3) is 0 Å². The third-order valence-electron chi connectivity index (χ3n) is 3.62. The molecule has 0 bridgehead atoms. The molecule has 1 fully saturated rings. The first-order valence-electron chi connectivity index (χ1n) is 5.99. The van der Waals surface area contributed by atoms with Gasteiger partial charge in [0.25, 0.3) is 0 Å². The highest BCUT2D eigenvalue weighted by Gasteiger charge is 2.59. The number of carbonyl (C=O) groups is 1. The number of aliphatic hydroxyl groups is 1. The molecule has 0 amide bonds. The van der Waals surface area contributed by atoms with Crippen molar-refractivity contribution in [1.82, 2.24) is 0 Å². The van der Waals surface area contributed by atoms with Gasteiger partial charge in [0.15, 0.2) is 0 Å². The van der Waals surface area contributed by atoms with Gasteiger partial charge in [-0.25, -0.2) is 0 Å². The Morgan fingerprint density at radius 2 is 2.00 bits per heavy atom. The van der Waals surface area contributed by atoms with Gasteiger partial charge in [0.2, 0.25) is 0 Å². The second-order valence-corrected chi connectivity index (χ2v) is 6.18. The van der Waals surface area contributed by atoms with E-state index in [1.165, 1.54) is 7.11 Å². The molecule has 1 saturated carbocycles. The van der Waals surface area contributed by atoms with Gasteiger partial charge in [0.05, 0.1) is 19.8 Å². The average Bonchev–Trinajstić information content (AvgIpc) is 2.34. The molecule has 0 aliphatic heterocycles. The third-order valence-corrected chi connectivity index (χ3v) is 4.11. The topological polar surface area (TPSA) is 55.8 Å². The molecule has 0 saturated heterocycles. The van der Waals surface area contributed by atoms with Crippen LogP contribution in [0.15, 0.2) is 22.7 Å². The van der Waals surface area contributed by atoms with Crippen molar-refractivity contribution in [1.29, 1.82) is 0 Å². The zero-order valence-corrected chi connectivity index (χ0v) is 12.8. The van der Waals surface area contributed by atoms with E-state index in [1.54, 1.807) is 20.1 Å². The van der Waals surface area contributed by atoms with Gasteiger partial charge in [-0.15, -0.1) is 0 Å². The van der Waals surface area contributed by atoms with Crippen molar-refractivity contribution in [3.63, 3.8) is 0 Å². The van der Waals surface area contributed by atoms with Crippen molar-refractivity contribution in [2.75, 3.05) is 14.2 Å². The van der Waals surface area contributed by atoms with Crippen LogP contribution in [-0.2, 0) is 14.9 Å². The van der Waals surface area contributed by atoms with Gasteiger partial charge in [-0.1, -0.05) is 15.9 Å². The maximum Gasteiger partial charge on any atom is 0.316 e. The molecule has 1 N–H and O–H groups in total. The highest BCUT2D eigenvalue weighted by molar-refractivity contribution is 9.10. The molecule has 0 atom stereocenters. The Morgan fingerprint density at radius 3 is 2.47 bits per heavy atom. The van der Waals surface area contributed by atoms with Crippen molar-refractivity contribution < 1.29 is 19.4 Å². The SMILES string of the molecule is COC(=O)C1(c2cc(Br)ccc2OC)CC(C)(O)C1. The summed E-state index contributed by atoms with van der Waals surface area (Å²) in [6.45, 7) is 1.72. The highest BCUT2D eigenvalue weighted by Crippen LogP contribution is 2.53. The lowest BCUT2D eigenvalue weighted by Crippen LogP contribution is -2.57. The molecule has 0 spiro atoms. The predicted molar refractivity (Wildman–Crippen MR) is 74.2 cm³/mol. The molecule has 19 heavy (non-hydrogen) atoms. The van der Waals surface area contributed by atoms with Gasteiger partial charge in [-0.05, 0) is 38.0 Å². The number of hydrogen-bond donors (Lipinski definition) is 1. The van der Waals surface area contributed by atoms with Crippen LogP contribution in [-0.4, -0.2) is 30.9 Å². The van der Waals surface area contributed by atoms with Crippen LogP contribution in [0.3, 0.4) is 0 Å². The van der Waals surface area contributed by atoms with Gasteiger partial charge in [0, 0.05) is 10.0 Å². The lowest BCUT2D eigenvalue weighted by atomic mass is 9.56. The molecule has 0 aromatic heterocycles. The van der Waals surface area contributed by atoms with Gasteiger partial charge in [-0.3, -0.25) is 4.79 Å². The van der Waals surface area contributed by atoms with Crippen LogP contribution in [0.4, 0.5) is 0 Å². The predicted octanol–water partition coefficient (Wildman–Crippen LogP) is 2.41. The monoisotopic (exact) mass is 328 g/mol. The molecule has 1 aromatic carbocycles. The minimum absolute atomic E-state index is 0.333. The third kappa shape index (κ3) is 2.37. The molecule has 1 aromatic rings. The fourth-order valence-electron chi connectivity index (χ4n) is 2.94. The Morgan fingerprint density at radius 1 is 1.37 bits per heavy atom. The van der Waals surface area contributed by atoms with E-state index >= 15 is 0 Å². The Balaban J connectivity index is 2.52. The summed E-state index contributed by atoms with van der Waals surface area (Å²) in [7, 11) is 2.93. The van der Waals surface area contributed by atoms with Gasteiger partial charge >= 0.3 is 5.97 Å². The van der Waals surface area contributed by atoms with E-state index in [0.717, 1.165) is 10.0 Å². The van der Waals surface area contributed by atoms with Crippen molar-refractivity contribution >= 4 is 21.9 Å². The average molecular weight is 329 g/mol. The zero-order valence-electron chi connectivity index (χ0n) is 11.2. The molecule has 0 heterocycles. The number of hydrogen-bond acceptors (Lipinski definition) is 4. The molecule has 0 radical (unpaired) electrons. The van der Waals surface area contributed by atoms with Crippen molar-refractivity contribution in [3.8, 4) is 5.75 Å². The summed E-state index contributed by atoms with van der Waals surface area (Å²) in [6.07, 6.45) is 0.666. The fourth-order valence-corrected chi connectivity index (χ4v) is 3.30. The number of methoxy groups -OCH3 is 2. The smallest absolute Gasteiger partial charge is 0.316 e. The summed E-state index contributed by atoms with van der Waals surface area (Å²) in [5, 5.41) is 10.0. The van der Waals surface area contributed by atoms with Crippen molar-refractivity contribution in [2.45, 2.75) is 30.8 Å². The maximum absolute atomic E-state index is 12.2. The van der Waals surface area contributed by atoms with Crippen LogP contribution in [0.5, 0.6) is 5.75 Å². The molecule has 5 heteroatoms. The normalized spacial score (nSPS) is 29.5. The maximum atomic E-state index is 12.2. The first kappa shape index (κ1) is 14.3. The highest BCUT2D eigenvalue weighted by atomic mass is 79.9. The molecule has 1 aliphatic carbocycles. The molecule has 0 unspecified atom stereocenters. The summed E-state index contributed by atoms with van der Waals surface area (Å²) >= 11 is 3.40. The molecule has 1 aliphatic rings. The van der Waals surface area contributed by atoms with Crippen LogP contribution >= 0.6 is 15.9 Å². The Bertz CT molecular complexity index is 502. The van der Waals surface area contributed by atoms with Crippen LogP contribution in [0.2, 0.25) is 0 Å². The van der Waals surface area contributed by atoms with Crippen LogP contribution < -0.4 is 4.74 Å². The Labute approximate surface area is 120 Å². The molecular formula is C14H17BrO4. The number of halogens is 1. The standard InChI is InChI=1S/C14H17BrO4/c1-13(17)7-14(8-13,12(16)19-3)10-6-9(15)4-5-11(10)18-2/h4-6,17H,7-8H2,1-3H3. The molecule has 2 rings (SSSR count). The number of ether oxygens (including phenoxy) is 2. The number of carbonyl (C=O) groups excluding carboxylic acids is 1. The quantitative estimate of drug-likeness (QED) is 0.866.